The first-order valence-electron chi connectivity index (χ1n) is 8.36. The number of aliphatic hydroxyl groups is 1. The van der Waals surface area contributed by atoms with Crippen LogP contribution >= 0.6 is 11.6 Å². The van der Waals surface area contributed by atoms with Crippen LogP contribution in [0.2, 0.25) is 5.02 Å². The van der Waals surface area contributed by atoms with Gasteiger partial charge in [0.15, 0.2) is 17.5 Å². The summed E-state index contributed by atoms with van der Waals surface area (Å²) >= 11 is 6.20. The van der Waals surface area contributed by atoms with Crippen LogP contribution < -0.4 is 15.2 Å². The largest absolute Gasteiger partial charge is 0.486 e. The second-order valence-electron chi connectivity index (χ2n) is 6.41. The molecule has 132 valence electrons. The van der Waals surface area contributed by atoms with Gasteiger partial charge in [-0.15, -0.1) is 0 Å². The Kier molecular flexibility index (Phi) is 5.36. The Labute approximate surface area is 147 Å². The van der Waals surface area contributed by atoms with Crippen molar-refractivity contribution < 1.29 is 14.6 Å². The van der Waals surface area contributed by atoms with Crippen molar-refractivity contribution in [3.8, 4) is 11.5 Å². The topological polar surface area (TPSA) is 80.3 Å². The van der Waals surface area contributed by atoms with Crippen molar-refractivity contribution in [2.75, 3.05) is 32.8 Å². The van der Waals surface area contributed by atoms with E-state index in [-0.39, 0.29) is 6.54 Å². The zero-order valence-corrected chi connectivity index (χ0v) is 14.6. The maximum absolute atomic E-state index is 10.4. The molecule has 2 heterocycles. The number of halogens is 1. The number of likely N-dealkylation sites (tertiary alicyclic amines) is 1. The van der Waals surface area contributed by atoms with Crippen molar-refractivity contribution in [2.24, 2.45) is 16.6 Å². The van der Waals surface area contributed by atoms with Gasteiger partial charge in [0.1, 0.15) is 13.2 Å². The molecular formula is C17H24ClN3O3. The summed E-state index contributed by atoms with van der Waals surface area (Å²) in [6.07, 6.45) is 1.45. The standard InChI is InChI=1S/C17H24ClN3O3/c1-11-2-4-21(5-3-11)17(19)20-10-14(22)12-8-13(18)16-15(9-12)23-6-7-24-16/h8-9,11,14,22H,2-7,10H2,1H3,(H2,19,20). The van der Waals surface area contributed by atoms with Crippen molar-refractivity contribution in [3.63, 3.8) is 0 Å². The van der Waals surface area contributed by atoms with Gasteiger partial charge in [-0.2, -0.15) is 0 Å². The Morgan fingerprint density at radius 3 is 2.83 bits per heavy atom. The molecule has 0 saturated carbocycles. The van der Waals surface area contributed by atoms with E-state index in [2.05, 4.69) is 16.8 Å². The Bertz CT molecular complexity index is 615. The summed E-state index contributed by atoms with van der Waals surface area (Å²) in [5.41, 5.74) is 6.70. The average molecular weight is 354 g/mol. The molecule has 0 aliphatic carbocycles. The number of aliphatic hydroxyl groups excluding tert-OH is 1. The summed E-state index contributed by atoms with van der Waals surface area (Å²) in [7, 11) is 0. The SMILES string of the molecule is CC1CCN(C(N)=NCC(O)c2cc(Cl)c3c(c2)OCCO3)CC1. The van der Waals surface area contributed by atoms with E-state index >= 15 is 0 Å². The molecule has 0 aromatic heterocycles. The molecule has 0 spiro atoms. The highest BCUT2D eigenvalue weighted by Crippen LogP contribution is 2.39. The minimum atomic E-state index is -0.791. The lowest BCUT2D eigenvalue weighted by atomic mass is 10.00. The molecule has 6 nitrogen and oxygen atoms in total. The monoisotopic (exact) mass is 353 g/mol. The highest BCUT2D eigenvalue weighted by atomic mass is 35.5. The number of ether oxygens (including phenoxy) is 2. The predicted octanol–water partition coefficient (Wildman–Crippen LogP) is 2.19. The lowest BCUT2D eigenvalue weighted by molar-refractivity contribution is 0.166. The van der Waals surface area contributed by atoms with Crippen molar-refractivity contribution in [2.45, 2.75) is 25.9 Å². The minimum Gasteiger partial charge on any atom is -0.486 e. The van der Waals surface area contributed by atoms with E-state index in [0.717, 1.165) is 31.8 Å². The van der Waals surface area contributed by atoms with Gasteiger partial charge in [0, 0.05) is 13.1 Å². The van der Waals surface area contributed by atoms with Crippen LogP contribution in [0.1, 0.15) is 31.4 Å². The van der Waals surface area contributed by atoms with Crippen molar-refractivity contribution in [1.82, 2.24) is 4.90 Å². The van der Waals surface area contributed by atoms with E-state index in [4.69, 9.17) is 26.8 Å². The summed E-state index contributed by atoms with van der Waals surface area (Å²) in [5, 5.41) is 10.8. The zero-order chi connectivity index (χ0) is 17.1. The molecule has 1 atom stereocenters. The lowest BCUT2D eigenvalue weighted by Crippen LogP contribution is -2.42. The van der Waals surface area contributed by atoms with Gasteiger partial charge in [-0.1, -0.05) is 18.5 Å². The van der Waals surface area contributed by atoms with E-state index in [1.165, 1.54) is 0 Å². The molecule has 1 unspecified atom stereocenters. The number of piperidine rings is 1. The Morgan fingerprint density at radius 1 is 1.38 bits per heavy atom. The van der Waals surface area contributed by atoms with E-state index in [1.807, 2.05) is 0 Å². The zero-order valence-electron chi connectivity index (χ0n) is 13.9. The van der Waals surface area contributed by atoms with Crippen LogP contribution in [0.3, 0.4) is 0 Å². The number of benzene rings is 1. The molecule has 1 fully saturated rings. The molecule has 2 aliphatic rings. The third kappa shape index (κ3) is 3.87. The average Bonchev–Trinajstić information content (AvgIpc) is 2.60. The fourth-order valence-electron chi connectivity index (χ4n) is 2.95. The molecule has 24 heavy (non-hydrogen) atoms. The summed E-state index contributed by atoms with van der Waals surface area (Å²) in [5.74, 6) is 2.32. The van der Waals surface area contributed by atoms with E-state index < -0.39 is 6.10 Å². The van der Waals surface area contributed by atoms with Gasteiger partial charge in [0.25, 0.3) is 0 Å². The number of rotatable bonds is 3. The molecule has 7 heteroatoms. The van der Waals surface area contributed by atoms with E-state index in [0.29, 0.717) is 41.3 Å². The number of aliphatic imine (C=N–C) groups is 1. The first-order valence-corrected chi connectivity index (χ1v) is 8.74. The van der Waals surface area contributed by atoms with Gasteiger partial charge in [-0.3, -0.25) is 4.99 Å². The lowest BCUT2D eigenvalue weighted by Gasteiger charge is -2.31. The van der Waals surface area contributed by atoms with Gasteiger partial charge in [-0.25, -0.2) is 0 Å². The van der Waals surface area contributed by atoms with Gasteiger partial charge >= 0.3 is 0 Å². The summed E-state index contributed by atoms with van der Waals surface area (Å²) < 4.78 is 11.0. The molecule has 1 aromatic carbocycles. The van der Waals surface area contributed by atoms with Crippen molar-refractivity contribution in [3.05, 3.63) is 22.7 Å². The third-order valence-electron chi connectivity index (χ3n) is 4.54. The number of nitrogens with two attached hydrogens (primary N) is 1. The molecule has 1 aromatic rings. The van der Waals surface area contributed by atoms with E-state index in [1.54, 1.807) is 12.1 Å². The summed E-state index contributed by atoms with van der Waals surface area (Å²) in [6.45, 7) is 5.23. The predicted molar refractivity (Wildman–Crippen MR) is 93.9 cm³/mol. The van der Waals surface area contributed by atoms with Crippen LogP contribution in [-0.2, 0) is 0 Å². The number of hydrogen-bond acceptors (Lipinski definition) is 4. The smallest absolute Gasteiger partial charge is 0.191 e. The van der Waals surface area contributed by atoms with Crippen LogP contribution in [0.25, 0.3) is 0 Å². The Balaban J connectivity index is 1.65. The molecule has 0 bridgehead atoms. The van der Waals surface area contributed by atoms with Gasteiger partial charge < -0.3 is 25.2 Å². The van der Waals surface area contributed by atoms with Crippen LogP contribution in [0.5, 0.6) is 11.5 Å². The van der Waals surface area contributed by atoms with E-state index in [9.17, 15) is 5.11 Å². The Hall–Kier alpha value is -1.66. The summed E-state index contributed by atoms with van der Waals surface area (Å²) in [6, 6.07) is 3.44. The molecule has 0 radical (unpaired) electrons. The number of guanidine groups is 1. The van der Waals surface area contributed by atoms with Gasteiger partial charge in [-0.05, 0) is 36.5 Å². The number of fused-ring (bicyclic) bond motifs is 1. The number of hydrogen-bond donors (Lipinski definition) is 2. The first kappa shape index (κ1) is 17.2. The third-order valence-corrected chi connectivity index (χ3v) is 4.82. The second kappa shape index (κ2) is 7.49. The normalized spacial score (nSPS) is 20.1. The molecule has 3 N–H and O–H groups in total. The molecule has 3 rings (SSSR count). The second-order valence-corrected chi connectivity index (χ2v) is 6.82. The number of nitrogens with zero attached hydrogens (tertiary/aromatic N) is 2. The maximum atomic E-state index is 10.4. The van der Waals surface area contributed by atoms with Crippen molar-refractivity contribution >= 4 is 17.6 Å². The molecule has 1 saturated heterocycles. The van der Waals surface area contributed by atoms with Crippen LogP contribution in [0.4, 0.5) is 0 Å². The minimum absolute atomic E-state index is 0.188. The van der Waals surface area contributed by atoms with Gasteiger partial charge in [0.2, 0.25) is 0 Å². The van der Waals surface area contributed by atoms with Crippen molar-refractivity contribution in [1.29, 1.82) is 0 Å². The fourth-order valence-corrected chi connectivity index (χ4v) is 3.22. The fraction of sp³-hybridized carbons (Fsp3) is 0.588. The van der Waals surface area contributed by atoms with Gasteiger partial charge in [0.05, 0.1) is 17.7 Å². The highest BCUT2D eigenvalue weighted by molar-refractivity contribution is 6.32. The molecule has 2 aliphatic heterocycles. The molecule has 0 amide bonds. The quantitative estimate of drug-likeness (QED) is 0.643. The molecular weight excluding hydrogens is 330 g/mol. The maximum Gasteiger partial charge on any atom is 0.191 e. The van der Waals surface area contributed by atoms with Crippen LogP contribution in [0.15, 0.2) is 17.1 Å². The van der Waals surface area contributed by atoms with Crippen LogP contribution in [0, 0.1) is 5.92 Å². The highest BCUT2D eigenvalue weighted by Gasteiger charge is 2.20. The van der Waals surface area contributed by atoms with Crippen LogP contribution in [-0.4, -0.2) is 48.8 Å². The first-order chi connectivity index (χ1) is 11.5. The summed E-state index contributed by atoms with van der Waals surface area (Å²) in [4.78, 5) is 6.42. The Morgan fingerprint density at radius 2 is 2.08 bits per heavy atom.